The highest BCUT2D eigenvalue weighted by Crippen LogP contribution is 2.42. The Kier molecular flexibility index (Phi) is 10.4. The van der Waals surface area contributed by atoms with Crippen molar-refractivity contribution in [3.8, 4) is 17.2 Å². The number of carbonyl (C=O) groups excluding carboxylic acids is 1. The molecule has 1 amide bonds. The van der Waals surface area contributed by atoms with Crippen molar-refractivity contribution < 1.29 is 19.0 Å². The highest BCUT2D eigenvalue weighted by atomic mass is 16.5. The lowest BCUT2D eigenvalue weighted by atomic mass is 9.75. The standard InChI is InChI=1S/C42H50N6O4/c1-29-13-14-32(24-30(29)2)42(18-23-47(28-42)40(49)31-25-37(50-3)39(52-5)38(26-31)51-4)17-22-46-20-15-34(16-21-46)48(27-33-10-8-9-19-43-33)41-44-35-11-6-7-12-36(35)45-41/h6-14,19,24-26,34H,15-18,20-23,27-28H2,1-5H3,(H,44,45). The van der Waals surface area contributed by atoms with Crippen LogP contribution in [0, 0.1) is 13.8 Å². The zero-order chi connectivity index (χ0) is 36.2. The molecule has 272 valence electrons. The van der Waals surface area contributed by atoms with Gasteiger partial charge in [0.2, 0.25) is 11.7 Å². The van der Waals surface area contributed by atoms with Crippen molar-refractivity contribution in [1.29, 1.82) is 0 Å². The monoisotopic (exact) mass is 702 g/mol. The number of rotatable bonds is 12. The SMILES string of the molecule is COc1cc(C(=O)N2CCC(CCN3CCC(N(Cc4ccccn4)c4nc5ccccc5[nH]4)CC3)(c3ccc(C)c(C)c3)C2)cc(OC)c1OC. The Hall–Kier alpha value is -5.09. The van der Waals surface area contributed by atoms with Crippen LogP contribution in [0.25, 0.3) is 11.0 Å². The number of anilines is 1. The van der Waals surface area contributed by atoms with E-state index in [2.05, 4.69) is 76.1 Å². The number of aromatic nitrogens is 3. The lowest BCUT2D eigenvalue weighted by Gasteiger charge is -2.40. The van der Waals surface area contributed by atoms with Crippen molar-refractivity contribution in [1.82, 2.24) is 24.8 Å². The third-order valence-electron chi connectivity index (χ3n) is 11.3. The molecule has 52 heavy (non-hydrogen) atoms. The van der Waals surface area contributed by atoms with Crippen molar-refractivity contribution in [2.45, 2.75) is 57.5 Å². The van der Waals surface area contributed by atoms with Crippen LogP contribution in [0.2, 0.25) is 0 Å². The van der Waals surface area contributed by atoms with Crippen LogP contribution in [0.4, 0.5) is 5.95 Å². The number of piperidine rings is 1. The third-order valence-corrected chi connectivity index (χ3v) is 11.3. The zero-order valence-electron chi connectivity index (χ0n) is 31.0. The first-order valence-corrected chi connectivity index (χ1v) is 18.3. The summed E-state index contributed by atoms with van der Waals surface area (Å²) in [6.07, 6.45) is 5.81. The summed E-state index contributed by atoms with van der Waals surface area (Å²) in [6, 6.07) is 25.0. The van der Waals surface area contributed by atoms with Gasteiger partial charge in [0.25, 0.3) is 5.91 Å². The third kappa shape index (κ3) is 7.17. The maximum Gasteiger partial charge on any atom is 0.254 e. The molecular formula is C42H50N6O4. The van der Waals surface area contributed by atoms with Gasteiger partial charge in [-0.15, -0.1) is 0 Å². The van der Waals surface area contributed by atoms with Gasteiger partial charge in [0.05, 0.1) is 44.6 Å². The molecule has 3 aromatic carbocycles. The molecule has 0 spiro atoms. The minimum atomic E-state index is -0.148. The number of hydrogen-bond acceptors (Lipinski definition) is 8. The average molecular weight is 703 g/mol. The molecule has 2 aromatic heterocycles. The Bertz CT molecular complexity index is 1950. The second-order valence-corrected chi connectivity index (χ2v) is 14.3. The maximum atomic E-state index is 14.1. The second-order valence-electron chi connectivity index (χ2n) is 14.3. The number of fused-ring (bicyclic) bond motifs is 1. The Morgan fingerprint density at radius 1 is 0.904 bits per heavy atom. The Labute approximate surface area is 306 Å². The lowest BCUT2D eigenvalue weighted by Crippen LogP contribution is -2.46. The number of nitrogens with zero attached hydrogens (tertiary/aromatic N) is 5. The first kappa shape index (κ1) is 35.3. The highest BCUT2D eigenvalue weighted by Gasteiger charge is 2.42. The van der Waals surface area contributed by atoms with Gasteiger partial charge in [-0.1, -0.05) is 36.4 Å². The fourth-order valence-corrected chi connectivity index (χ4v) is 8.03. The van der Waals surface area contributed by atoms with Gasteiger partial charge < -0.3 is 33.9 Å². The number of para-hydroxylation sites is 2. The Morgan fingerprint density at radius 3 is 2.33 bits per heavy atom. The van der Waals surface area contributed by atoms with Crippen molar-refractivity contribution >= 4 is 22.9 Å². The summed E-state index contributed by atoms with van der Waals surface area (Å²) in [4.78, 5) is 34.3. The summed E-state index contributed by atoms with van der Waals surface area (Å²) >= 11 is 0. The summed E-state index contributed by atoms with van der Waals surface area (Å²) in [5.41, 5.74) is 7.33. The molecule has 2 aliphatic heterocycles. The molecule has 0 bridgehead atoms. The van der Waals surface area contributed by atoms with E-state index in [1.54, 1.807) is 33.5 Å². The van der Waals surface area contributed by atoms with Gasteiger partial charge in [-0.25, -0.2) is 4.98 Å². The van der Waals surface area contributed by atoms with Gasteiger partial charge in [0.1, 0.15) is 0 Å². The fraction of sp³-hybridized carbons (Fsp3) is 0.405. The van der Waals surface area contributed by atoms with E-state index in [0.717, 1.165) is 68.0 Å². The fourth-order valence-electron chi connectivity index (χ4n) is 8.03. The largest absolute Gasteiger partial charge is 0.493 e. The maximum absolute atomic E-state index is 14.1. The first-order valence-electron chi connectivity index (χ1n) is 18.3. The van der Waals surface area contributed by atoms with Crippen LogP contribution in [0.1, 0.15) is 58.4 Å². The minimum absolute atomic E-state index is 0.0237. The number of nitrogens with one attached hydrogen (secondary N) is 1. The van der Waals surface area contributed by atoms with E-state index < -0.39 is 0 Å². The van der Waals surface area contributed by atoms with Crippen molar-refractivity contribution in [2.75, 3.05) is 59.0 Å². The average Bonchev–Trinajstić information content (AvgIpc) is 3.83. The number of methoxy groups -OCH3 is 3. The van der Waals surface area contributed by atoms with Crippen molar-refractivity contribution in [3.63, 3.8) is 0 Å². The molecule has 1 N–H and O–H groups in total. The van der Waals surface area contributed by atoms with E-state index in [1.165, 1.54) is 16.7 Å². The molecule has 0 saturated carbocycles. The Morgan fingerprint density at radius 2 is 1.65 bits per heavy atom. The molecular weight excluding hydrogens is 653 g/mol. The lowest BCUT2D eigenvalue weighted by molar-refractivity contribution is 0.0779. The molecule has 10 heteroatoms. The van der Waals surface area contributed by atoms with Crippen LogP contribution in [-0.2, 0) is 12.0 Å². The molecule has 2 fully saturated rings. The number of hydrogen-bond donors (Lipinski definition) is 1. The predicted octanol–water partition coefficient (Wildman–Crippen LogP) is 6.95. The van der Waals surface area contributed by atoms with E-state index in [4.69, 9.17) is 19.2 Å². The number of ether oxygens (including phenoxy) is 3. The highest BCUT2D eigenvalue weighted by molar-refractivity contribution is 5.96. The van der Waals surface area contributed by atoms with Crippen LogP contribution in [-0.4, -0.2) is 90.8 Å². The predicted molar refractivity (Wildman–Crippen MR) is 205 cm³/mol. The van der Waals surface area contributed by atoms with E-state index in [0.29, 0.717) is 48.5 Å². The van der Waals surface area contributed by atoms with Crippen molar-refractivity contribution in [3.05, 3.63) is 107 Å². The minimum Gasteiger partial charge on any atom is -0.493 e. The molecule has 2 aliphatic rings. The molecule has 0 radical (unpaired) electrons. The number of amides is 1. The van der Waals surface area contributed by atoms with Crippen LogP contribution >= 0.6 is 0 Å². The van der Waals surface area contributed by atoms with Crippen molar-refractivity contribution in [2.24, 2.45) is 0 Å². The Balaban J connectivity index is 1.07. The second kappa shape index (κ2) is 15.3. The topological polar surface area (TPSA) is 96.1 Å². The smallest absolute Gasteiger partial charge is 0.254 e. The quantitative estimate of drug-likeness (QED) is 0.149. The molecule has 0 aliphatic carbocycles. The number of pyridine rings is 1. The number of aryl methyl sites for hydroxylation is 2. The van der Waals surface area contributed by atoms with E-state index in [1.807, 2.05) is 29.3 Å². The van der Waals surface area contributed by atoms with Crippen LogP contribution < -0.4 is 19.1 Å². The van der Waals surface area contributed by atoms with Gasteiger partial charge in [0.15, 0.2) is 11.5 Å². The van der Waals surface area contributed by atoms with E-state index in [9.17, 15) is 4.79 Å². The molecule has 1 atom stereocenters. The first-order chi connectivity index (χ1) is 25.3. The van der Waals surface area contributed by atoms with Gasteiger partial charge in [-0.05, 0) is 99.2 Å². The number of likely N-dealkylation sites (tertiary alicyclic amines) is 2. The van der Waals surface area contributed by atoms with Crippen LogP contribution in [0.5, 0.6) is 17.2 Å². The van der Waals surface area contributed by atoms with Crippen LogP contribution in [0.15, 0.2) is 79.0 Å². The van der Waals surface area contributed by atoms with Gasteiger partial charge in [-0.3, -0.25) is 9.78 Å². The van der Waals surface area contributed by atoms with Gasteiger partial charge in [-0.2, -0.15) is 0 Å². The summed E-state index contributed by atoms with van der Waals surface area (Å²) in [7, 11) is 4.72. The number of aromatic amines is 1. The van der Waals surface area contributed by atoms with Gasteiger partial charge >= 0.3 is 0 Å². The summed E-state index contributed by atoms with van der Waals surface area (Å²) in [6.45, 7) is 9.36. The van der Waals surface area contributed by atoms with E-state index in [-0.39, 0.29) is 11.3 Å². The number of H-pyrrole nitrogens is 1. The number of benzene rings is 3. The molecule has 4 heterocycles. The summed E-state index contributed by atoms with van der Waals surface area (Å²) < 4.78 is 16.7. The molecule has 1 unspecified atom stereocenters. The molecule has 2 saturated heterocycles. The van der Waals surface area contributed by atoms with Gasteiger partial charge in [0, 0.05) is 49.4 Å². The summed E-state index contributed by atoms with van der Waals surface area (Å²) in [5.74, 6) is 2.32. The number of imidazole rings is 1. The van der Waals surface area contributed by atoms with Crippen LogP contribution in [0.3, 0.4) is 0 Å². The molecule has 5 aromatic rings. The molecule has 10 nitrogen and oxygen atoms in total. The van der Waals surface area contributed by atoms with E-state index >= 15 is 0 Å². The molecule has 7 rings (SSSR count). The zero-order valence-corrected chi connectivity index (χ0v) is 31.0. The summed E-state index contributed by atoms with van der Waals surface area (Å²) in [5, 5.41) is 0. The number of carbonyl (C=O) groups is 1. The normalized spacial score (nSPS) is 18.1.